The SMILES string of the molecule is COc1ccc(S(=O)(=O)NCCCc2ccccc2)c([N+](=O)[O-])c1. The highest BCUT2D eigenvalue weighted by Gasteiger charge is 2.26. The summed E-state index contributed by atoms with van der Waals surface area (Å²) >= 11 is 0. The number of hydrogen-bond acceptors (Lipinski definition) is 5. The van der Waals surface area contributed by atoms with E-state index in [0.717, 1.165) is 11.6 Å². The molecule has 0 aliphatic heterocycles. The maximum atomic E-state index is 12.3. The Hall–Kier alpha value is -2.45. The van der Waals surface area contributed by atoms with Gasteiger partial charge in [-0.15, -0.1) is 0 Å². The van der Waals surface area contributed by atoms with Crippen LogP contribution in [0.3, 0.4) is 0 Å². The molecule has 1 N–H and O–H groups in total. The van der Waals surface area contributed by atoms with Gasteiger partial charge in [0, 0.05) is 6.54 Å². The Balaban J connectivity index is 2.06. The number of nitrogens with one attached hydrogen (secondary N) is 1. The Kier molecular flexibility index (Phi) is 5.88. The van der Waals surface area contributed by atoms with Gasteiger partial charge in [-0.05, 0) is 30.5 Å². The molecule has 0 aliphatic carbocycles. The molecule has 0 unspecified atom stereocenters. The number of benzene rings is 2. The molecule has 2 aromatic rings. The first kappa shape index (κ1) is 17.9. The summed E-state index contributed by atoms with van der Waals surface area (Å²) in [5.74, 6) is 0.227. The summed E-state index contributed by atoms with van der Waals surface area (Å²) in [5, 5.41) is 11.1. The van der Waals surface area contributed by atoms with Crippen LogP contribution in [0.25, 0.3) is 0 Å². The van der Waals surface area contributed by atoms with E-state index < -0.39 is 20.6 Å². The number of ether oxygens (including phenoxy) is 1. The quantitative estimate of drug-likeness (QED) is 0.448. The van der Waals surface area contributed by atoms with E-state index in [0.29, 0.717) is 12.8 Å². The molecule has 128 valence electrons. The molecule has 0 aliphatic rings. The molecule has 2 aromatic carbocycles. The van der Waals surface area contributed by atoms with Gasteiger partial charge in [0.2, 0.25) is 10.0 Å². The van der Waals surface area contributed by atoms with Gasteiger partial charge in [-0.3, -0.25) is 10.1 Å². The summed E-state index contributed by atoms with van der Waals surface area (Å²) in [4.78, 5) is 10.0. The first-order valence-corrected chi connectivity index (χ1v) is 8.78. The van der Waals surface area contributed by atoms with E-state index in [1.807, 2.05) is 30.3 Å². The average Bonchev–Trinajstić information content (AvgIpc) is 2.59. The van der Waals surface area contributed by atoms with Crippen molar-refractivity contribution in [1.29, 1.82) is 0 Å². The number of aryl methyl sites for hydroxylation is 1. The zero-order valence-electron chi connectivity index (χ0n) is 13.1. The maximum absolute atomic E-state index is 12.3. The molecule has 0 aromatic heterocycles. The van der Waals surface area contributed by atoms with E-state index in [9.17, 15) is 18.5 Å². The largest absolute Gasteiger partial charge is 0.497 e. The van der Waals surface area contributed by atoms with Crippen LogP contribution >= 0.6 is 0 Å². The fraction of sp³-hybridized carbons (Fsp3) is 0.250. The lowest BCUT2D eigenvalue weighted by Crippen LogP contribution is -2.25. The molecule has 0 spiro atoms. The molecule has 24 heavy (non-hydrogen) atoms. The van der Waals surface area contributed by atoms with E-state index >= 15 is 0 Å². The second-order valence-corrected chi connectivity index (χ2v) is 6.81. The normalized spacial score (nSPS) is 11.2. The average molecular weight is 350 g/mol. The summed E-state index contributed by atoms with van der Waals surface area (Å²) in [6.45, 7) is 0.195. The molecule has 8 heteroatoms. The minimum atomic E-state index is -3.96. The van der Waals surface area contributed by atoms with Crippen LogP contribution in [0.5, 0.6) is 5.75 Å². The van der Waals surface area contributed by atoms with Gasteiger partial charge in [0.1, 0.15) is 5.75 Å². The third-order valence-electron chi connectivity index (χ3n) is 3.43. The zero-order valence-corrected chi connectivity index (χ0v) is 14.0. The van der Waals surface area contributed by atoms with Gasteiger partial charge >= 0.3 is 0 Å². The molecular weight excluding hydrogens is 332 g/mol. The monoisotopic (exact) mass is 350 g/mol. The second-order valence-electron chi connectivity index (χ2n) is 5.08. The molecule has 0 amide bonds. The van der Waals surface area contributed by atoms with Crippen molar-refractivity contribution in [3.8, 4) is 5.75 Å². The Morgan fingerprint density at radius 2 is 1.88 bits per heavy atom. The van der Waals surface area contributed by atoms with Gasteiger partial charge in [0.25, 0.3) is 5.69 Å². The molecule has 0 fully saturated rings. The number of nitro benzene ring substituents is 1. The predicted molar refractivity (Wildman–Crippen MR) is 89.6 cm³/mol. The molecule has 0 radical (unpaired) electrons. The van der Waals surface area contributed by atoms with Crippen molar-refractivity contribution >= 4 is 15.7 Å². The summed E-state index contributed by atoms with van der Waals surface area (Å²) in [6, 6.07) is 13.3. The summed E-state index contributed by atoms with van der Waals surface area (Å²) in [5.41, 5.74) is 0.594. The fourth-order valence-corrected chi connectivity index (χ4v) is 3.44. The van der Waals surface area contributed by atoms with E-state index in [1.165, 1.54) is 19.2 Å². The highest BCUT2D eigenvalue weighted by molar-refractivity contribution is 7.89. The summed E-state index contributed by atoms with van der Waals surface area (Å²) < 4.78 is 31.9. The van der Waals surface area contributed by atoms with Crippen molar-refractivity contribution in [1.82, 2.24) is 4.72 Å². The van der Waals surface area contributed by atoms with E-state index in [2.05, 4.69) is 4.72 Å². The van der Waals surface area contributed by atoms with Crippen LogP contribution in [0.1, 0.15) is 12.0 Å². The number of sulfonamides is 1. The predicted octanol–water partition coefficient (Wildman–Crippen LogP) is 2.51. The van der Waals surface area contributed by atoms with E-state index in [-0.39, 0.29) is 17.2 Å². The van der Waals surface area contributed by atoms with Gasteiger partial charge in [-0.25, -0.2) is 13.1 Å². The van der Waals surface area contributed by atoms with E-state index in [1.54, 1.807) is 0 Å². The summed E-state index contributed by atoms with van der Waals surface area (Å²) in [6.07, 6.45) is 1.31. The highest BCUT2D eigenvalue weighted by Crippen LogP contribution is 2.28. The number of methoxy groups -OCH3 is 1. The standard InChI is InChI=1S/C16H18N2O5S/c1-23-14-9-10-16(15(12-14)18(19)20)24(21,22)17-11-5-8-13-6-3-2-4-7-13/h2-4,6-7,9-10,12,17H,5,8,11H2,1H3. The van der Waals surface area contributed by atoms with Crippen LogP contribution in [-0.4, -0.2) is 27.0 Å². The highest BCUT2D eigenvalue weighted by atomic mass is 32.2. The number of nitro groups is 1. The number of nitrogens with zero attached hydrogens (tertiary/aromatic N) is 1. The Morgan fingerprint density at radius 3 is 2.50 bits per heavy atom. The first-order valence-electron chi connectivity index (χ1n) is 7.30. The van der Waals surface area contributed by atoms with Crippen LogP contribution in [0, 0.1) is 10.1 Å². The van der Waals surface area contributed by atoms with Crippen LogP contribution in [0.4, 0.5) is 5.69 Å². The minimum absolute atomic E-state index is 0.195. The summed E-state index contributed by atoms with van der Waals surface area (Å²) in [7, 11) is -2.61. The molecule has 0 heterocycles. The van der Waals surface area contributed by atoms with Crippen molar-refractivity contribution in [3.05, 3.63) is 64.2 Å². The second kappa shape index (κ2) is 7.89. The fourth-order valence-electron chi connectivity index (χ4n) is 2.22. The van der Waals surface area contributed by atoms with E-state index in [4.69, 9.17) is 4.74 Å². The minimum Gasteiger partial charge on any atom is -0.497 e. The van der Waals surface area contributed by atoms with Crippen LogP contribution < -0.4 is 9.46 Å². The third-order valence-corrected chi connectivity index (χ3v) is 4.94. The molecule has 0 atom stereocenters. The molecule has 0 saturated carbocycles. The first-order chi connectivity index (χ1) is 11.4. The number of hydrogen-bond donors (Lipinski definition) is 1. The lowest BCUT2D eigenvalue weighted by molar-refractivity contribution is -0.387. The lowest BCUT2D eigenvalue weighted by Gasteiger charge is -2.08. The maximum Gasteiger partial charge on any atom is 0.293 e. The van der Waals surface area contributed by atoms with Crippen LogP contribution in [0.2, 0.25) is 0 Å². The van der Waals surface area contributed by atoms with Crippen molar-refractivity contribution in [2.24, 2.45) is 0 Å². The Bertz CT molecular complexity index is 806. The van der Waals surface area contributed by atoms with Gasteiger partial charge in [0.05, 0.1) is 18.1 Å². The van der Waals surface area contributed by atoms with Crippen molar-refractivity contribution < 1.29 is 18.1 Å². The Morgan fingerprint density at radius 1 is 1.17 bits per heavy atom. The van der Waals surface area contributed by atoms with Gasteiger partial charge in [-0.2, -0.15) is 0 Å². The molecular formula is C16H18N2O5S. The smallest absolute Gasteiger partial charge is 0.293 e. The van der Waals surface area contributed by atoms with Crippen molar-refractivity contribution in [3.63, 3.8) is 0 Å². The van der Waals surface area contributed by atoms with Crippen LogP contribution in [0.15, 0.2) is 53.4 Å². The van der Waals surface area contributed by atoms with Crippen LogP contribution in [-0.2, 0) is 16.4 Å². The van der Waals surface area contributed by atoms with Gasteiger partial charge in [-0.1, -0.05) is 30.3 Å². The zero-order chi connectivity index (χ0) is 17.6. The molecule has 0 bridgehead atoms. The lowest BCUT2D eigenvalue weighted by atomic mass is 10.1. The molecule has 0 saturated heterocycles. The Labute approximate surface area is 140 Å². The van der Waals surface area contributed by atoms with Gasteiger partial charge < -0.3 is 4.74 Å². The van der Waals surface area contributed by atoms with Crippen molar-refractivity contribution in [2.45, 2.75) is 17.7 Å². The number of rotatable bonds is 8. The van der Waals surface area contributed by atoms with Gasteiger partial charge in [0.15, 0.2) is 4.90 Å². The third kappa shape index (κ3) is 4.53. The topological polar surface area (TPSA) is 98.5 Å². The molecule has 7 nitrogen and oxygen atoms in total. The van der Waals surface area contributed by atoms with Crippen molar-refractivity contribution in [2.75, 3.05) is 13.7 Å². The molecule has 2 rings (SSSR count).